The van der Waals surface area contributed by atoms with Gasteiger partial charge in [-0.25, -0.2) is 14.1 Å². The highest BCUT2D eigenvalue weighted by Crippen LogP contribution is 2.29. The minimum absolute atomic E-state index is 0.163. The standard InChI is InChI=1S/C26H28FN3O3/c1-18-7-13-22(14-8-18)30-25(32)23(17-24(31)28-21-11-9-20(27)10-12-21)29(26(30)33)16-15-19-5-3-2-4-6-19/h5,7-14,23H,2-4,6,15-17H2,1H3,(H,28,31)/t23-/m1/s1. The van der Waals surface area contributed by atoms with E-state index in [4.69, 9.17) is 0 Å². The van der Waals surface area contributed by atoms with Crippen molar-refractivity contribution in [1.29, 1.82) is 0 Å². The van der Waals surface area contributed by atoms with Crippen molar-refractivity contribution in [2.75, 3.05) is 16.8 Å². The molecule has 0 spiro atoms. The molecule has 4 rings (SSSR count). The Bertz CT molecular complexity index is 1060. The van der Waals surface area contributed by atoms with Crippen molar-refractivity contribution in [1.82, 2.24) is 4.90 Å². The zero-order valence-electron chi connectivity index (χ0n) is 18.7. The van der Waals surface area contributed by atoms with Crippen LogP contribution in [0.4, 0.5) is 20.6 Å². The van der Waals surface area contributed by atoms with Crippen LogP contribution in [0.25, 0.3) is 0 Å². The number of carbonyl (C=O) groups is 3. The maximum Gasteiger partial charge on any atom is 0.332 e. The van der Waals surface area contributed by atoms with Crippen molar-refractivity contribution < 1.29 is 18.8 Å². The lowest BCUT2D eigenvalue weighted by molar-refractivity contribution is -0.124. The predicted octanol–water partition coefficient (Wildman–Crippen LogP) is 5.19. The van der Waals surface area contributed by atoms with Crippen LogP contribution in [0.15, 0.2) is 60.2 Å². The third-order valence-electron chi connectivity index (χ3n) is 6.18. The van der Waals surface area contributed by atoms with Crippen LogP contribution in [-0.2, 0) is 9.59 Å². The summed E-state index contributed by atoms with van der Waals surface area (Å²) in [5.74, 6) is -1.21. The highest BCUT2D eigenvalue weighted by Gasteiger charge is 2.46. The maximum absolute atomic E-state index is 13.3. The summed E-state index contributed by atoms with van der Waals surface area (Å²) >= 11 is 0. The van der Waals surface area contributed by atoms with E-state index < -0.39 is 29.7 Å². The van der Waals surface area contributed by atoms with Crippen LogP contribution in [0.2, 0.25) is 0 Å². The minimum atomic E-state index is -0.886. The summed E-state index contributed by atoms with van der Waals surface area (Å²) in [6.07, 6.45) is 7.12. The Hall–Kier alpha value is -3.48. The molecule has 6 nitrogen and oxygen atoms in total. The Morgan fingerprint density at radius 2 is 1.79 bits per heavy atom. The van der Waals surface area contributed by atoms with Crippen molar-refractivity contribution >= 4 is 29.2 Å². The number of rotatable bonds is 7. The van der Waals surface area contributed by atoms with Crippen LogP contribution < -0.4 is 10.2 Å². The molecule has 4 amide bonds. The molecule has 0 radical (unpaired) electrons. The summed E-state index contributed by atoms with van der Waals surface area (Å²) in [7, 11) is 0. The summed E-state index contributed by atoms with van der Waals surface area (Å²) in [6, 6.07) is 11.3. The topological polar surface area (TPSA) is 69.7 Å². The highest BCUT2D eigenvalue weighted by atomic mass is 19.1. The number of halogens is 1. The minimum Gasteiger partial charge on any atom is -0.326 e. The van der Waals surface area contributed by atoms with E-state index in [1.165, 1.54) is 46.1 Å². The Labute approximate surface area is 193 Å². The molecule has 0 bridgehead atoms. The smallest absolute Gasteiger partial charge is 0.326 e. The molecule has 1 aliphatic heterocycles. The van der Waals surface area contributed by atoms with Crippen LogP contribution in [0.3, 0.4) is 0 Å². The fourth-order valence-corrected chi connectivity index (χ4v) is 4.34. The molecule has 1 aliphatic carbocycles. The largest absolute Gasteiger partial charge is 0.332 e. The SMILES string of the molecule is Cc1ccc(N2C(=O)[C@@H](CC(=O)Nc3ccc(F)cc3)N(CCC3=CCCCC3)C2=O)cc1. The van der Waals surface area contributed by atoms with Crippen LogP contribution in [-0.4, -0.2) is 35.3 Å². The Morgan fingerprint density at radius 1 is 1.06 bits per heavy atom. The zero-order valence-corrected chi connectivity index (χ0v) is 18.7. The molecule has 0 saturated carbocycles. The van der Waals surface area contributed by atoms with E-state index in [0.29, 0.717) is 24.3 Å². The monoisotopic (exact) mass is 449 g/mol. The number of hydrogen-bond donors (Lipinski definition) is 1. The first-order chi connectivity index (χ1) is 15.9. The fourth-order valence-electron chi connectivity index (χ4n) is 4.34. The normalized spacial score (nSPS) is 18.5. The summed E-state index contributed by atoms with van der Waals surface area (Å²) in [4.78, 5) is 42.0. The molecule has 1 N–H and O–H groups in total. The Kier molecular flexibility index (Phi) is 6.87. The molecule has 1 heterocycles. The summed E-state index contributed by atoms with van der Waals surface area (Å²) < 4.78 is 13.2. The van der Waals surface area contributed by atoms with Gasteiger partial charge in [-0.1, -0.05) is 29.3 Å². The lowest BCUT2D eigenvalue weighted by Crippen LogP contribution is -2.38. The van der Waals surface area contributed by atoms with Gasteiger partial charge in [0.05, 0.1) is 12.1 Å². The number of imide groups is 1. The average molecular weight is 450 g/mol. The second-order valence-corrected chi connectivity index (χ2v) is 8.62. The average Bonchev–Trinajstić information content (AvgIpc) is 3.04. The second kappa shape index (κ2) is 9.98. The molecule has 1 fully saturated rings. The molecule has 2 aromatic rings. The molecule has 2 aliphatic rings. The molecular weight excluding hydrogens is 421 g/mol. The number of carbonyl (C=O) groups excluding carboxylic acids is 3. The molecule has 2 aromatic carbocycles. The Balaban J connectivity index is 1.53. The van der Waals surface area contributed by atoms with E-state index in [-0.39, 0.29) is 6.42 Å². The lowest BCUT2D eigenvalue weighted by atomic mass is 9.97. The van der Waals surface area contributed by atoms with E-state index in [0.717, 1.165) is 24.8 Å². The number of nitrogens with one attached hydrogen (secondary N) is 1. The van der Waals surface area contributed by atoms with E-state index in [1.54, 1.807) is 12.1 Å². The third kappa shape index (κ3) is 5.30. The number of hydrogen-bond acceptors (Lipinski definition) is 3. The number of nitrogens with zero attached hydrogens (tertiary/aromatic N) is 2. The van der Waals surface area contributed by atoms with Gasteiger partial charge in [0.15, 0.2) is 0 Å². The van der Waals surface area contributed by atoms with Crippen molar-refractivity contribution in [2.45, 2.75) is 51.5 Å². The first-order valence-corrected chi connectivity index (χ1v) is 11.4. The van der Waals surface area contributed by atoms with Gasteiger partial charge in [-0.2, -0.15) is 0 Å². The van der Waals surface area contributed by atoms with E-state index in [1.807, 2.05) is 19.1 Å². The lowest BCUT2D eigenvalue weighted by Gasteiger charge is -2.23. The van der Waals surface area contributed by atoms with Gasteiger partial charge in [-0.05, 0) is 75.4 Å². The quantitative estimate of drug-likeness (QED) is 0.467. The molecule has 33 heavy (non-hydrogen) atoms. The number of allylic oxidation sites excluding steroid dienone is 1. The summed E-state index contributed by atoms with van der Waals surface area (Å²) in [6.45, 7) is 2.32. The molecule has 1 saturated heterocycles. The van der Waals surface area contributed by atoms with Crippen LogP contribution in [0.5, 0.6) is 0 Å². The number of aryl methyl sites for hydroxylation is 1. The van der Waals surface area contributed by atoms with Gasteiger partial charge in [0.2, 0.25) is 5.91 Å². The first kappa shape index (κ1) is 22.7. The molecule has 0 aromatic heterocycles. The van der Waals surface area contributed by atoms with Crippen LogP contribution in [0, 0.1) is 12.7 Å². The van der Waals surface area contributed by atoms with E-state index >= 15 is 0 Å². The van der Waals surface area contributed by atoms with Crippen molar-refractivity contribution in [3.05, 3.63) is 71.6 Å². The number of amides is 4. The molecular formula is C26H28FN3O3. The van der Waals surface area contributed by atoms with Crippen LogP contribution in [0.1, 0.15) is 44.1 Å². The summed E-state index contributed by atoms with van der Waals surface area (Å²) in [5.41, 5.74) is 3.25. The molecule has 7 heteroatoms. The highest BCUT2D eigenvalue weighted by molar-refractivity contribution is 6.22. The zero-order chi connectivity index (χ0) is 23.4. The molecule has 172 valence electrons. The summed E-state index contributed by atoms with van der Waals surface area (Å²) in [5, 5.41) is 2.69. The number of anilines is 2. The van der Waals surface area contributed by atoms with Gasteiger partial charge in [-0.15, -0.1) is 0 Å². The van der Waals surface area contributed by atoms with Crippen molar-refractivity contribution in [3.63, 3.8) is 0 Å². The van der Waals surface area contributed by atoms with Crippen LogP contribution >= 0.6 is 0 Å². The first-order valence-electron chi connectivity index (χ1n) is 11.4. The van der Waals surface area contributed by atoms with Gasteiger partial charge < -0.3 is 10.2 Å². The van der Waals surface area contributed by atoms with Gasteiger partial charge in [-0.3, -0.25) is 9.59 Å². The van der Waals surface area contributed by atoms with E-state index in [2.05, 4.69) is 11.4 Å². The fraction of sp³-hybridized carbons (Fsp3) is 0.346. The Morgan fingerprint density at radius 3 is 2.45 bits per heavy atom. The second-order valence-electron chi connectivity index (χ2n) is 8.62. The van der Waals surface area contributed by atoms with Crippen molar-refractivity contribution in [2.24, 2.45) is 0 Å². The number of benzene rings is 2. The van der Waals surface area contributed by atoms with Gasteiger partial charge in [0.25, 0.3) is 5.91 Å². The van der Waals surface area contributed by atoms with Crippen molar-refractivity contribution in [3.8, 4) is 0 Å². The third-order valence-corrected chi connectivity index (χ3v) is 6.18. The van der Waals surface area contributed by atoms with E-state index in [9.17, 15) is 18.8 Å². The number of urea groups is 1. The predicted molar refractivity (Wildman–Crippen MR) is 125 cm³/mol. The van der Waals surface area contributed by atoms with Gasteiger partial charge >= 0.3 is 6.03 Å². The molecule has 1 atom stereocenters. The van der Waals surface area contributed by atoms with Gasteiger partial charge in [0.1, 0.15) is 11.9 Å². The van der Waals surface area contributed by atoms with Gasteiger partial charge in [0, 0.05) is 12.2 Å². The molecule has 0 unspecified atom stereocenters. The maximum atomic E-state index is 13.3.